The number of unbranched alkanes of at least 4 members (excludes halogenated alkanes) is 6. The summed E-state index contributed by atoms with van der Waals surface area (Å²) in [5.74, 6) is -0.883. The van der Waals surface area contributed by atoms with Gasteiger partial charge in [-0.1, -0.05) is 107 Å². The van der Waals surface area contributed by atoms with E-state index < -0.39 is 29.5 Å². The van der Waals surface area contributed by atoms with Crippen LogP contribution < -0.4 is 37.6 Å². The number of carbonyl (C=O) groups is 5. The number of aliphatic hydroxyl groups is 1. The summed E-state index contributed by atoms with van der Waals surface area (Å²) in [4.78, 5) is 85.0. The van der Waals surface area contributed by atoms with Gasteiger partial charge in [-0.3, -0.25) is 24.0 Å². The number of aromatic nitrogens is 3. The summed E-state index contributed by atoms with van der Waals surface area (Å²) in [6.07, 6.45) is 8.56. The zero-order chi connectivity index (χ0) is 52.2. The molecule has 0 aliphatic carbocycles. The second-order valence-corrected chi connectivity index (χ2v) is 22.7. The van der Waals surface area contributed by atoms with Crippen LogP contribution in [0.4, 0.5) is 17.3 Å². The smallest absolute Gasteiger partial charge is 0.246 e. The highest BCUT2D eigenvalue weighted by Gasteiger charge is 2.44. The highest BCUT2D eigenvalue weighted by atomic mass is 35.5. The zero-order valence-corrected chi connectivity index (χ0v) is 44.8. The lowest BCUT2D eigenvalue weighted by Gasteiger charge is -2.37. The number of aryl methyl sites for hydroxylation is 1. The summed E-state index contributed by atoms with van der Waals surface area (Å²) in [7, 11) is 0. The lowest BCUT2D eigenvalue weighted by atomic mass is 9.85. The molecule has 4 atom stereocenters. The van der Waals surface area contributed by atoms with E-state index in [0.717, 1.165) is 86.2 Å². The van der Waals surface area contributed by atoms with Gasteiger partial charge in [-0.25, -0.2) is 15.0 Å². The summed E-state index contributed by atoms with van der Waals surface area (Å²) in [5, 5.41) is 23.0. The number of nitrogens with zero attached hydrogens (tertiary/aromatic N) is 5. The topological polar surface area (TPSA) is 251 Å². The minimum atomic E-state index is -0.887. The van der Waals surface area contributed by atoms with Crippen LogP contribution in [0.5, 0.6) is 0 Å². The first-order valence-corrected chi connectivity index (χ1v) is 27.0. The molecule has 2 fully saturated rings. The van der Waals surface area contributed by atoms with Crippen molar-refractivity contribution < 1.29 is 29.1 Å². The Kier molecular flexibility index (Phi) is 19.9. The van der Waals surface area contributed by atoms with Crippen LogP contribution in [0.3, 0.4) is 0 Å². The molecule has 4 unspecified atom stereocenters. The Morgan fingerprint density at radius 2 is 1.62 bits per heavy atom. The van der Waals surface area contributed by atoms with Crippen molar-refractivity contribution in [2.45, 2.75) is 158 Å². The van der Waals surface area contributed by atoms with E-state index in [4.69, 9.17) is 23.1 Å². The van der Waals surface area contributed by atoms with Gasteiger partial charge in [-0.15, -0.1) is 11.3 Å². The van der Waals surface area contributed by atoms with E-state index in [2.05, 4.69) is 48.0 Å². The van der Waals surface area contributed by atoms with E-state index in [-0.39, 0.29) is 66.8 Å². The minimum Gasteiger partial charge on any atom is -0.391 e. The first kappa shape index (κ1) is 56.0. The van der Waals surface area contributed by atoms with E-state index in [9.17, 15) is 29.1 Å². The van der Waals surface area contributed by atoms with Gasteiger partial charge < -0.3 is 47.6 Å². The number of likely N-dealkylation sites (tertiary alicyclic amines) is 1. The van der Waals surface area contributed by atoms with Gasteiger partial charge in [0.15, 0.2) is 5.82 Å². The Bertz CT molecular complexity index is 2510. The molecule has 4 heterocycles. The van der Waals surface area contributed by atoms with Crippen molar-refractivity contribution in [1.82, 2.24) is 35.8 Å². The fourth-order valence-corrected chi connectivity index (χ4v) is 10.7. The van der Waals surface area contributed by atoms with Gasteiger partial charge >= 0.3 is 0 Å². The Hall–Kier alpha value is -5.34. The van der Waals surface area contributed by atoms with Crippen molar-refractivity contribution in [2.24, 2.45) is 11.1 Å². The molecule has 6 rings (SSSR count). The number of thiazole rings is 1. The van der Waals surface area contributed by atoms with Crippen LogP contribution in [0.15, 0.2) is 64.1 Å². The average Bonchev–Trinajstić information content (AvgIpc) is 3.95. The van der Waals surface area contributed by atoms with Gasteiger partial charge in [0.25, 0.3) is 0 Å². The number of halogens is 1. The Labute approximate surface area is 436 Å². The standard InChI is InChI=1S/C52H72ClN11O6S2/c1-32(34-18-20-35(21-19-34)45-33(2)58-31-71-45)59-48(69)38-27-36(65)30-64(38)50(70)46(51(3,4)5)62-41(66)17-12-10-8-7-9-11-13-24-56-42(67)28-43(68)60-37-15-14-16-39(44(37)53)72-49-47(54)61-40(29-57-49)63-25-22-52(6,55)23-26-63/h14-16,18-21,29,31-32,36,38,46,65H,7-13,17,22-28,30,55H2,1-6H3,(H2,54,61)(H,56,67)(H,59,69)(H,60,68)(H,62,66). The third-order valence-corrected chi connectivity index (χ3v) is 15.8. The monoisotopic (exact) mass is 1050 g/mol. The lowest BCUT2D eigenvalue weighted by molar-refractivity contribution is -0.144. The normalized spacial score (nSPS) is 17.5. The molecule has 20 heteroatoms. The average molecular weight is 1050 g/mol. The number of nitrogens with one attached hydrogen (secondary N) is 4. The van der Waals surface area contributed by atoms with Crippen molar-refractivity contribution in [3.05, 3.63) is 70.5 Å². The molecule has 72 heavy (non-hydrogen) atoms. The fraction of sp³-hybridized carbons (Fsp3) is 0.538. The number of aliphatic hydroxyl groups excluding tert-OH is 1. The maximum absolute atomic E-state index is 14.1. The summed E-state index contributed by atoms with van der Waals surface area (Å²) < 4.78 is 0. The molecule has 0 radical (unpaired) electrons. The molecule has 0 saturated carbocycles. The molecular formula is C52H72ClN11O6S2. The molecule has 0 spiro atoms. The van der Waals surface area contributed by atoms with Crippen molar-refractivity contribution >= 4 is 81.6 Å². The Morgan fingerprint density at radius 1 is 0.944 bits per heavy atom. The molecule has 390 valence electrons. The van der Waals surface area contributed by atoms with E-state index >= 15 is 0 Å². The van der Waals surface area contributed by atoms with Crippen LogP contribution in [0, 0.1) is 12.3 Å². The van der Waals surface area contributed by atoms with Crippen molar-refractivity contribution in [2.75, 3.05) is 42.1 Å². The molecule has 4 aromatic rings. The van der Waals surface area contributed by atoms with E-state index in [1.807, 2.05) is 64.4 Å². The fourth-order valence-electron chi connectivity index (χ4n) is 8.82. The number of piperidine rings is 1. The summed E-state index contributed by atoms with van der Waals surface area (Å²) in [5.41, 5.74) is 16.8. The number of rotatable bonds is 22. The predicted molar refractivity (Wildman–Crippen MR) is 286 cm³/mol. The van der Waals surface area contributed by atoms with Crippen LogP contribution in [0.2, 0.25) is 5.02 Å². The van der Waals surface area contributed by atoms with E-state index in [1.54, 1.807) is 35.7 Å². The van der Waals surface area contributed by atoms with Gasteiger partial charge in [-0.05, 0) is 75.1 Å². The van der Waals surface area contributed by atoms with Crippen LogP contribution >= 0.6 is 34.7 Å². The molecule has 2 aliphatic heterocycles. The van der Waals surface area contributed by atoms with Gasteiger partial charge in [0.1, 0.15) is 29.3 Å². The molecular weight excluding hydrogens is 974 g/mol. The third-order valence-electron chi connectivity index (χ3n) is 13.2. The number of hydrogen-bond donors (Lipinski definition) is 7. The van der Waals surface area contributed by atoms with Crippen molar-refractivity contribution in [1.29, 1.82) is 0 Å². The Balaban J connectivity index is 0.840. The summed E-state index contributed by atoms with van der Waals surface area (Å²) in [6, 6.07) is 11.1. The number of amides is 5. The van der Waals surface area contributed by atoms with Crippen LogP contribution in [-0.2, 0) is 24.0 Å². The third kappa shape index (κ3) is 15.8. The van der Waals surface area contributed by atoms with Crippen molar-refractivity contribution in [3.63, 3.8) is 0 Å². The quantitative estimate of drug-likeness (QED) is 0.0297. The first-order chi connectivity index (χ1) is 34.2. The number of benzene rings is 2. The second-order valence-electron chi connectivity index (χ2n) is 20.5. The number of hydrogen-bond acceptors (Lipinski definition) is 14. The zero-order valence-electron chi connectivity index (χ0n) is 42.4. The van der Waals surface area contributed by atoms with Crippen LogP contribution in [0.25, 0.3) is 10.4 Å². The molecule has 0 bridgehead atoms. The molecule has 2 saturated heterocycles. The molecule has 17 nitrogen and oxygen atoms in total. The molecule has 5 amide bonds. The molecule has 2 aliphatic rings. The Morgan fingerprint density at radius 3 is 2.28 bits per heavy atom. The van der Waals surface area contributed by atoms with Gasteiger partial charge in [0.05, 0.1) is 45.1 Å². The number of nitrogen functional groups attached to an aromatic ring is 1. The number of anilines is 3. The number of β-amino-alcohol motifs (C(OH)–C–C–N with tert-alkyl or cyclic N) is 1. The van der Waals surface area contributed by atoms with Crippen molar-refractivity contribution in [3.8, 4) is 10.4 Å². The van der Waals surface area contributed by atoms with Gasteiger partial charge in [0, 0.05) is 49.5 Å². The maximum atomic E-state index is 14.1. The van der Waals surface area contributed by atoms with Gasteiger partial charge in [0.2, 0.25) is 29.5 Å². The SMILES string of the molecule is Cc1ncsc1-c1ccc(C(C)NC(=O)C2CC(O)CN2C(=O)C(NC(=O)CCCCCCCCCNC(=O)CC(=O)Nc2cccc(Sc3ncc(N4CCC(C)(N)CC4)nc3N)c2Cl)C(C)(C)C)cc1. The molecule has 2 aromatic carbocycles. The van der Waals surface area contributed by atoms with E-state index in [1.165, 1.54) is 16.7 Å². The van der Waals surface area contributed by atoms with E-state index in [0.29, 0.717) is 39.4 Å². The number of nitrogens with two attached hydrogens (primary N) is 2. The first-order valence-electron chi connectivity index (χ1n) is 25.0. The predicted octanol–water partition coefficient (Wildman–Crippen LogP) is 7.55. The molecule has 2 aromatic heterocycles. The largest absolute Gasteiger partial charge is 0.391 e. The van der Waals surface area contributed by atoms with Crippen LogP contribution in [0.1, 0.15) is 129 Å². The second kappa shape index (κ2) is 25.5. The summed E-state index contributed by atoms with van der Waals surface area (Å²) in [6.45, 7) is 13.5. The number of carbonyl (C=O) groups excluding carboxylic acids is 5. The minimum absolute atomic E-state index is 0.00633. The lowest BCUT2D eigenvalue weighted by Crippen LogP contribution is -2.57. The summed E-state index contributed by atoms with van der Waals surface area (Å²) >= 11 is 9.50. The molecule has 9 N–H and O–H groups in total. The highest BCUT2D eigenvalue weighted by molar-refractivity contribution is 7.99. The maximum Gasteiger partial charge on any atom is 0.246 e. The highest BCUT2D eigenvalue weighted by Crippen LogP contribution is 2.39. The van der Waals surface area contributed by atoms with Crippen LogP contribution in [-0.4, -0.2) is 104 Å². The van der Waals surface area contributed by atoms with Gasteiger partial charge in [-0.2, -0.15) is 0 Å².